The minimum absolute atomic E-state index is 1.62. The summed E-state index contributed by atoms with van der Waals surface area (Å²) >= 11 is 0. The quantitative estimate of drug-likeness (QED) is 0.393. The van der Waals surface area contributed by atoms with Crippen molar-refractivity contribution >= 4 is 7.48 Å². The summed E-state index contributed by atoms with van der Waals surface area (Å²) in [5.41, 5.74) is 0. The van der Waals surface area contributed by atoms with Crippen LogP contribution in [0.4, 0.5) is 0 Å². The van der Waals surface area contributed by atoms with Gasteiger partial charge in [-0.2, -0.15) is 0 Å². The summed E-state index contributed by atoms with van der Waals surface area (Å²) in [4.78, 5) is 0. The van der Waals surface area contributed by atoms with Crippen LogP contribution in [0.1, 0.15) is 0 Å². The minimum atomic E-state index is 1.62. The van der Waals surface area contributed by atoms with Gasteiger partial charge in [-0.25, -0.2) is 0 Å². The van der Waals surface area contributed by atoms with E-state index in [-0.39, 0.29) is 0 Å². The molecule has 1 nitrogen and oxygen atoms in total. The molecule has 0 amide bonds. The van der Waals surface area contributed by atoms with E-state index in [1.807, 2.05) is 6.82 Å². The Morgan fingerprint density at radius 2 is 2.00 bits per heavy atom. The molecule has 0 rings (SSSR count). The van der Waals surface area contributed by atoms with Crippen LogP contribution in [0.3, 0.4) is 0 Å². The van der Waals surface area contributed by atoms with Crippen molar-refractivity contribution in [1.29, 1.82) is 0 Å². The first kappa shape index (κ1) is 4.02. The van der Waals surface area contributed by atoms with Gasteiger partial charge in [0.15, 0.2) is 0 Å². The second kappa shape index (κ2) is 3.02. The molecule has 0 N–H and O–H groups in total. The highest BCUT2D eigenvalue weighted by Crippen LogP contribution is 1.47. The molecule has 0 saturated heterocycles. The molecular formula is C2H6BO. The Balaban J connectivity index is 1.97. The molecule has 0 unspecified atom stereocenters. The van der Waals surface area contributed by atoms with Crippen molar-refractivity contribution in [3.63, 3.8) is 0 Å². The molecule has 2 heteroatoms. The average molecular weight is 56.9 g/mol. The third kappa shape index (κ3) is 2.02. The van der Waals surface area contributed by atoms with Crippen molar-refractivity contribution in [3.8, 4) is 0 Å². The maximum Gasteiger partial charge on any atom is 0.288 e. The highest BCUT2D eigenvalue weighted by molar-refractivity contribution is 6.24. The van der Waals surface area contributed by atoms with E-state index in [1.165, 1.54) is 0 Å². The van der Waals surface area contributed by atoms with Gasteiger partial charge in [0.2, 0.25) is 0 Å². The highest BCUT2D eigenvalue weighted by atomic mass is 16.4. The maximum atomic E-state index is 4.42. The Morgan fingerprint density at radius 3 is 2.00 bits per heavy atom. The summed E-state index contributed by atoms with van der Waals surface area (Å²) < 4.78 is 4.42. The molecule has 0 saturated carbocycles. The molecule has 0 fully saturated rings. The predicted molar refractivity (Wildman–Crippen MR) is 18.6 cm³/mol. The summed E-state index contributed by atoms with van der Waals surface area (Å²) in [6, 6.07) is 0. The predicted octanol–water partition coefficient (Wildman–Crippen LogP) is 0.300. The van der Waals surface area contributed by atoms with E-state index in [9.17, 15) is 0 Å². The van der Waals surface area contributed by atoms with E-state index in [4.69, 9.17) is 0 Å². The number of hydrogen-bond donors (Lipinski definition) is 0. The van der Waals surface area contributed by atoms with Crippen LogP contribution in [-0.2, 0) is 4.65 Å². The average Bonchev–Trinajstić information content (AvgIpc) is 1.37. The third-order valence-corrected chi connectivity index (χ3v) is 0.236. The highest BCUT2D eigenvalue weighted by Gasteiger charge is 1.60. The summed E-state index contributed by atoms with van der Waals surface area (Å²) in [5, 5.41) is 0. The van der Waals surface area contributed by atoms with Crippen LogP contribution >= 0.6 is 0 Å². The van der Waals surface area contributed by atoms with Crippen LogP contribution in [0.25, 0.3) is 0 Å². The monoisotopic (exact) mass is 57.1 g/mol. The molecular weight excluding hydrogens is 50.8 g/mol. The smallest absolute Gasteiger partial charge is 0.288 e. The van der Waals surface area contributed by atoms with Gasteiger partial charge in [-0.05, 0) is 0 Å². The van der Waals surface area contributed by atoms with Gasteiger partial charge in [-0.3, -0.25) is 0 Å². The fraction of sp³-hybridized carbons (Fsp3) is 1.00. The zero-order chi connectivity index (χ0) is 3.41. The van der Waals surface area contributed by atoms with Gasteiger partial charge in [0.1, 0.15) is 0 Å². The Bertz CT molecular complexity index is 8.00. The maximum absolute atomic E-state index is 4.42. The van der Waals surface area contributed by atoms with Gasteiger partial charge in [0.05, 0.1) is 0 Å². The Morgan fingerprint density at radius 1 is 1.75 bits per heavy atom. The van der Waals surface area contributed by atoms with E-state index in [2.05, 4.69) is 4.65 Å². The van der Waals surface area contributed by atoms with Gasteiger partial charge in [-0.15, -0.1) is 0 Å². The summed E-state index contributed by atoms with van der Waals surface area (Å²) in [6.07, 6.45) is 0. The first-order valence-corrected chi connectivity index (χ1v) is 1.22. The Hall–Kier alpha value is 0.0249. The van der Waals surface area contributed by atoms with Crippen LogP contribution in [0.2, 0.25) is 6.82 Å². The van der Waals surface area contributed by atoms with E-state index in [0.29, 0.717) is 0 Å². The standard InChI is InChI=1S/C2H6BO/c1-3-4-2/h1-2H3. The number of rotatable bonds is 1. The molecule has 23 valence electrons. The number of hydrogen-bond acceptors (Lipinski definition) is 1. The molecule has 0 aliphatic carbocycles. The molecule has 0 aliphatic rings. The van der Waals surface area contributed by atoms with E-state index < -0.39 is 0 Å². The molecule has 1 radical (unpaired) electrons. The van der Waals surface area contributed by atoms with Crippen LogP contribution in [-0.4, -0.2) is 14.6 Å². The fourth-order valence-corrected chi connectivity index (χ4v) is 0. The van der Waals surface area contributed by atoms with Gasteiger partial charge in [0.25, 0.3) is 7.48 Å². The third-order valence-electron chi connectivity index (χ3n) is 0.236. The lowest BCUT2D eigenvalue weighted by atomic mass is 10.1. The minimum Gasteiger partial charge on any atom is -0.443 e. The Kier molecular flexibility index (Phi) is 3.04. The van der Waals surface area contributed by atoms with Crippen molar-refractivity contribution < 1.29 is 4.65 Å². The second-order valence-electron chi connectivity index (χ2n) is 0.471. The zero-order valence-electron chi connectivity index (χ0n) is 2.99. The molecule has 4 heavy (non-hydrogen) atoms. The van der Waals surface area contributed by atoms with Gasteiger partial charge in [-0.1, -0.05) is 6.82 Å². The lowest BCUT2D eigenvalue weighted by molar-refractivity contribution is 0.446. The van der Waals surface area contributed by atoms with Crippen molar-refractivity contribution in [2.45, 2.75) is 6.82 Å². The molecule has 0 aliphatic heterocycles. The van der Waals surface area contributed by atoms with Crippen LogP contribution in [0.5, 0.6) is 0 Å². The molecule has 0 atom stereocenters. The lowest BCUT2D eigenvalue weighted by Crippen LogP contribution is -1.79. The van der Waals surface area contributed by atoms with Crippen molar-refractivity contribution in [2.75, 3.05) is 7.11 Å². The van der Waals surface area contributed by atoms with Crippen molar-refractivity contribution in [1.82, 2.24) is 0 Å². The van der Waals surface area contributed by atoms with Gasteiger partial charge < -0.3 is 4.65 Å². The van der Waals surface area contributed by atoms with Crippen molar-refractivity contribution in [2.24, 2.45) is 0 Å². The largest absolute Gasteiger partial charge is 0.443 e. The van der Waals surface area contributed by atoms with Crippen LogP contribution in [0.15, 0.2) is 0 Å². The summed E-state index contributed by atoms with van der Waals surface area (Å²) in [5.74, 6) is 0. The van der Waals surface area contributed by atoms with Gasteiger partial charge in [0, 0.05) is 7.11 Å². The van der Waals surface area contributed by atoms with E-state index in [0.717, 1.165) is 0 Å². The SMILES string of the molecule is C[B]OC. The topological polar surface area (TPSA) is 9.23 Å². The molecule has 0 spiro atoms. The Labute approximate surface area is 27.2 Å². The molecule has 0 heterocycles. The second-order valence-corrected chi connectivity index (χ2v) is 0.471. The molecule has 0 aromatic carbocycles. The summed E-state index contributed by atoms with van der Waals surface area (Å²) in [6.45, 7) is 1.83. The lowest BCUT2D eigenvalue weighted by Gasteiger charge is -1.73. The van der Waals surface area contributed by atoms with Gasteiger partial charge >= 0.3 is 0 Å². The zero-order valence-corrected chi connectivity index (χ0v) is 2.99. The van der Waals surface area contributed by atoms with Crippen LogP contribution < -0.4 is 0 Å². The molecule has 0 aromatic rings. The summed E-state index contributed by atoms with van der Waals surface area (Å²) in [7, 11) is 3.25. The van der Waals surface area contributed by atoms with Crippen molar-refractivity contribution in [3.05, 3.63) is 0 Å². The molecule has 0 aromatic heterocycles. The van der Waals surface area contributed by atoms with Crippen LogP contribution in [0, 0.1) is 0 Å². The first-order valence-electron chi connectivity index (χ1n) is 1.22. The normalized spacial score (nSPS) is 6.50. The van der Waals surface area contributed by atoms with E-state index in [1.54, 1.807) is 14.6 Å². The molecule has 0 bridgehead atoms. The van der Waals surface area contributed by atoms with E-state index >= 15 is 0 Å². The first-order chi connectivity index (χ1) is 1.91. The fourth-order valence-electron chi connectivity index (χ4n) is 0.